The average molecular weight is 365 g/mol. The number of hydrogen-bond acceptors (Lipinski definition) is 4. The van der Waals surface area contributed by atoms with Crippen molar-refractivity contribution in [2.45, 2.75) is 52.6 Å². The molecule has 27 heavy (non-hydrogen) atoms. The van der Waals surface area contributed by atoms with E-state index in [4.69, 9.17) is 4.42 Å². The summed E-state index contributed by atoms with van der Waals surface area (Å²) in [6.45, 7) is 4.44. The van der Waals surface area contributed by atoms with Crippen LogP contribution in [-0.2, 0) is 25.9 Å². The molecule has 0 aromatic carbocycles. The van der Waals surface area contributed by atoms with Crippen molar-refractivity contribution in [3.63, 3.8) is 0 Å². The van der Waals surface area contributed by atoms with E-state index in [-0.39, 0.29) is 17.9 Å². The van der Waals surface area contributed by atoms with E-state index in [0.29, 0.717) is 12.1 Å². The third kappa shape index (κ3) is 3.39. The Bertz CT molecular complexity index is 1040. The lowest BCUT2D eigenvalue weighted by Gasteiger charge is -2.15. The first kappa shape index (κ1) is 17.5. The van der Waals surface area contributed by atoms with Crippen LogP contribution in [-0.4, -0.2) is 20.1 Å². The Hall–Kier alpha value is -2.89. The van der Waals surface area contributed by atoms with Crippen molar-refractivity contribution in [2.24, 2.45) is 0 Å². The molecule has 140 valence electrons. The fraction of sp³-hybridized carbons (Fsp3) is 0.381. The smallest absolute Gasteiger partial charge is 0.267 e. The number of aryl methyl sites for hydroxylation is 3. The van der Waals surface area contributed by atoms with E-state index in [1.54, 1.807) is 12.3 Å². The van der Waals surface area contributed by atoms with E-state index in [2.05, 4.69) is 9.67 Å². The maximum Gasteiger partial charge on any atom is 0.267 e. The molecule has 1 aliphatic rings. The first-order valence-corrected chi connectivity index (χ1v) is 9.35. The normalized spacial score (nSPS) is 13.6. The van der Waals surface area contributed by atoms with Crippen molar-refractivity contribution >= 4 is 5.78 Å². The second-order valence-electron chi connectivity index (χ2n) is 7.19. The van der Waals surface area contributed by atoms with E-state index in [1.165, 1.54) is 4.68 Å². The molecule has 0 unspecified atom stereocenters. The minimum absolute atomic E-state index is 0.0306. The molecule has 1 aliphatic carbocycles. The molecule has 0 saturated carbocycles. The molecule has 0 atom stereocenters. The van der Waals surface area contributed by atoms with Crippen LogP contribution in [0.2, 0.25) is 0 Å². The average Bonchev–Trinajstić information content (AvgIpc) is 3.26. The summed E-state index contributed by atoms with van der Waals surface area (Å²) in [6, 6.07) is 7.29. The van der Waals surface area contributed by atoms with Gasteiger partial charge >= 0.3 is 0 Å². The largest absolute Gasteiger partial charge is 0.467 e. The zero-order chi connectivity index (χ0) is 19.0. The number of aromatic nitrogens is 3. The van der Waals surface area contributed by atoms with Crippen molar-refractivity contribution in [1.29, 1.82) is 0 Å². The summed E-state index contributed by atoms with van der Waals surface area (Å²) < 4.78 is 8.78. The Morgan fingerprint density at radius 2 is 2.04 bits per heavy atom. The van der Waals surface area contributed by atoms with Gasteiger partial charge in [-0.1, -0.05) is 0 Å². The van der Waals surface area contributed by atoms with Crippen LogP contribution in [0.3, 0.4) is 0 Å². The molecule has 0 amide bonds. The molecule has 0 aliphatic heterocycles. The lowest BCUT2D eigenvalue weighted by molar-refractivity contribution is 0.0964. The predicted molar refractivity (Wildman–Crippen MR) is 101 cm³/mol. The van der Waals surface area contributed by atoms with Gasteiger partial charge in [0.25, 0.3) is 5.56 Å². The van der Waals surface area contributed by atoms with Crippen LogP contribution in [0.15, 0.2) is 39.7 Å². The Morgan fingerprint density at radius 1 is 1.22 bits per heavy atom. The zero-order valence-electron chi connectivity index (χ0n) is 15.7. The molecule has 0 spiro atoms. The van der Waals surface area contributed by atoms with E-state index >= 15 is 0 Å². The third-order valence-corrected chi connectivity index (χ3v) is 5.34. The van der Waals surface area contributed by atoms with Gasteiger partial charge in [-0.05, 0) is 63.3 Å². The Labute approximate surface area is 157 Å². The van der Waals surface area contributed by atoms with Crippen molar-refractivity contribution in [2.75, 3.05) is 0 Å². The van der Waals surface area contributed by atoms with Gasteiger partial charge in [-0.15, -0.1) is 0 Å². The number of hydrogen-bond donors (Lipinski definition) is 0. The van der Waals surface area contributed by atoms with Gasteiger partial charge in [0.05, 0.1) is 18.5 Å². The Kier molecular flexibility index (Phi) is 4.56. The summed E-state index contributed by atoms with van der Waals surface area (Å²) in [7, 11) is 0. The van der Waals surface area contributed by atoms with Gasteiger partial charge in [-0.3, -0.25) is 9.59 Å². The first-order chi connectivity index (χ1) is 13.0. The molecular weight excluding hydrogens is 342 g/mol. The number of Topliss-reactive ketones (excluding diaryl/α,β-unsaturated/α-hetero) is 1. The lowest BCUT2D eigenvalue weighted by Crippen LogP contribution is -2.29. The quantitative estimate of drug-likeness (QED) is 0.652. The zero-order valence-corrected chi connectivity index (χ0v) is 15.7. The molecule has 6 heteroatoms. The molecule has 3 heterocycles. The number of carbonyl (C=O) groups is 1. The van der Waals surface area contributed by atoms with Crippen LogP contribution in [0.1, 0.15) is 51.6 Å². The Morgan fingerprint density at radius 3 is 2.81 bits per heavy atom. The number of furan rings is 1. The summed E-state index contributed by atoms with van der Waals surface area (Å²) in [6.07, 6.45) is 5.60. The van der Waals surface area contributed by atoms with Crippen LogP contribution >= 0.6 is 0 Å². The highest BCUT2D eigenvalue weighted by Gasteiger charge is 2.19. The van der Waals surface area contributed by atoms with Crippen LogP contribution in [0.4, 0.5) is 0 Å². The fourth-order valence-electron chi connectivity index (χ4n) is 3.82. The summed E-state index contributed by atoms with van der Waals surface area (Å²) >= 11 is 0. The van der Waals surface area contributed by atoms with Crippen molar-refractivity contribution < 1.29 is 9.21 Å². The predicted octanol–water partition coefficient (Wildman–Crippen LogP) is 3.06. The van der Waals surface area contributed by atoms with Gasteiger partial charge < -0.3 is 8.98 Å². The van der Waals surface area contributed by atoms with E-state index in [1.807, 2.05) is 32.0 Å². The molecule has 0 saturated heterocycles. The highest BCUT2D eigenvalue weighted by Crippen LogP contribution is 2.19. The minimum Gasteiger partial charge on any atom is -0.467 e. The van der Waals surface area contributed by atoms with Crippen LogP contribution in [0, 0.1) is 13.8 Å². The molecular formula is C21H23N3O3. The van der Waals surface area contributed by atoms with Crippen molar-refractivity contribution in [3.05, 3.63) is 74.9 Å². The summed E-state index contributed by atoms with van der Waals surface area (Å²) in [5.74, 6) is 0.738. The van der Waals surface area contributed by atoms with Gasteiger partial charge in [0.2, 0.25) is 0 Å². The van der Waals surface area contributed by atoms with E-state index < -0.39 is 0 Å². The highest BCUT2D eigenvalue weighted by molar-refractivity contribution is 5.97. The molecule has 4 rings (SSSR count). The van der Waals surface area contributed by atoms with Crippen molar-refractivity contribution in [3.8, 4) is 0 Å². The number of fused-ring (bicyclic) bond motifs is 1. The summed E-state index contributed by atoms with van der Waals surface area (Å²) in [4.78, 5) is 25.2. The molecule has 6 nitrogen and oxygen atoms in total. The number of ketones is 1. The van der Waals surface area contributed by atoms with Crippen LogP contribution < -0.4 is 5.56 Å². The van der Waals surface area contributed by atoms with Gasteiger partial charge in [-0.2, -0.15) is 5.10 Å². The monoisotopic (exact) mass is 365 g/mol. The van der Waals surface area contributed by atoms with Gasteiger partial charge in [0, 0.05) is 23.0 Å². The summed E-state index contributed by atoms with van der Waals surface area (Å²) in [5.41, 5.74) is 4.28. The Balaban J connectivity index is 1.60. The van der Waals surface area contributed by atoms with Gasteiger partial charge in [0.1, 0.15) is 12.3 Å². The standard InChI is InChI=1S/C21H23N3O3/c1-14-10-18(15(2)23(14)12-17-7-5-9-27-17)20(25)13-24-21(26)11-16-6-3-4-8-19(16)22-24/h5,7,9-11H,3-4,6,8,12-13H2,1-2H3. The van der Waals surface area contributed by atoms with Crippen LogP contribution in [0.25, 0.3) is 0 Å². The SMILES string of the molecule is Cc1cc(C(=O)Cn2nc3c(cc2=O)CCCC3)c(C)n1Cc1ccco1. The number of rotatable bonds is 5. The van der Waals surface area contributed by atoms with E-state index in [9.17, 15) is 9.59 Å². The molecule has 3 aromatic rings. The molecule has 0 N–H and O–H groups in total. The minimum atomic E-state index is -0.201. The van der Waals surface area contributed by atoms with Crippen molar-refractivity contribution in [1.82, 2.24) is 14.3 Å². The third-order valence-electron chi connectivity index (χ3n) is 5.34. The van der Waals surface area contributed by atoms with Gasteiger partial charge in [-0.25, -0.2) is 4.68 Å². The number of nitrogens with zero attached hydrogens (tertiary/aromatic N) is 3. The van der Waals surface area contributed by atoms with E-state index in [0.717, 1.165) is 54.1 Å². The van der Waals surface area contributed by atoms with Gasteiger partial charge in [0.15, 0.2) is 5.78 Å². The molecule has 0 fully saturated rings. The summed E-state index contributed by atoms with van der Waals surface area (Å²) in [5, 5.41) is 4.46. The maximum absolute atomic E-state index is 12.9. The second kappa shape index (κ2) is 7.02. The highest BCUT2D eigenvalue weighted by atomic mass is 16.3. The first-order valence-electron chi connectivity index (χ1n) is 9.35. The second-order valence-corrected chi connectivity index (χ2v) is 7.19. The van der Waals surface area contributed by atoms with Crippen LogP contribution in [0.5, 0.6) is 0 Å². The molecule has 3 aromatic heterocycles. The molecule has 0 radical (unpaired) electrons. The number of carbonyl (C=O) groups excluding carboxylic acids is 1. The lowest BCUT2D eigenvalue weighted by atomic mass is 9.97. The molecule has 0 bridgehead atoms. The topological polar surface area (TPSA) is 70.0 Å². The maximum atomic E-state index is 12.9. The fourth-order valence-corrected chi connectivity index (χ4v) is 3.82.